The van der Waals surface area contributed by atoms with Gasteiger partial charge in [-0.05, 0) is 12.5 Å². The number of ether oxygens (including phenoxy) is 1. The van der Waals surface area contributed by atoms with Gasteiger partial charge in [-0.1, -0.05) is 6.08 Å². The van der Waals surface area contributed by atoms with Crippen molar-refractivity contribution in [1.82, 2.24) is 0 Å². The minimum absolute atomic E-state index is 0.236. The number of hydrogen-bond donors (Lipinski definition) is 1. The zero-order valence-corrected chi connectivity index (χ0v) is 5.29. The van der Waals surface area contributed by atoms with E-state index in [0.29, 0.717) is 5.76 Å². The molecule has 1 N–H and O–H groups in total. The molecule has 0 saturated heterocycles. The Morgan fingerprint density at radius 3 is 2.89 bits per heavy atom. The lowest BCUT2D eigenvalue weighted by molar-refractivity contribution is 0.269. The summed E-state index contributed by atoms with van der Waals surface area (Å²) < 4.78 is 4.81. The van der Waals surface area contributed by atoms with E-state index in [1.54, 1.807) is 12.5 Å². The number of hydrogen-bond acceptors (Lipinski definition) is 2. The van der Waals surface area contributed by atoms with Crippen molar-refractivity contribution in [2.24, 2.45) is 0 Å². The van der Waals surface area contributed by atoms with E-state index in [0.717, 1.165) is 6.42 Å². The number of allylic oxidation sites excluding steroid dienone is 3. The van der Waals surface area contributed by atoms with Crippen molar-refractivity contribution in [3.05, 3.63) is 30.1 Å². The number of methoxy groups -OCH3 is 1. The van der Waals surface area contributed by atoms with Gasteiger partial charge in [-0.2, -0.15) is 0 Å². The lowest BCUT2D eigenvalue weighted by Gasteiger charge is -2.07. The number of rotatable bonds is 1. The first-order valence-electron chi connectivity index (χ1n) is 2.81. The van der Waals surface area contributed by atoms with Crippen molar-refractivity contribution in [2.75, 3.05) is 7.11 Å². The third-order valence-corrected chi connectivity index (χ3v) is 1.19. The van der Waals surface area contributed by atoms with Gasteiger partial charge in [0.25, 0.3) is 0 Å². The van der Waals surface area contributed by atoms with Gasteiger partial charge in [-0.25, -0.2) is 0 Å². The summed E-state index contributed by atoms with van der Waals surface area (Å²) >= 11 is 0. The summed E-state index contributed by atoms with van der Waals surface area (Å²) in [7, 11) is 1.54. The predicted molar refractivity (Wildman–Crippen MR) is 34.7 cm³/mol. The fourth-order valence-corrected chi connectivity index (χ4v) is 0.713. The summed E-state index contributed by atoms with van der Waals surface area (Å²) in [5, 5.41) is 9.02. The number of aliphatic hydroxyl groups is 1. The van der Waals surface area contributed by atoms with Gasteiger partial charge in [-0.15, -0.1) is 0 Å². The molecule has 0 aromatic carbocycles. The van der Waals surface area contributed by atoms with Gasteiger partial charge >= 0.3 is 0 Å². The van der Waals surface area contributed by atoms with Crippen molar-refractivity contribution in [3.8, 4) is 0 Å². The molecule has 49 valence electrons. The van der Waals surface area contributed by atoms with E-state index < -0.39 is 0 Å². The Labute approximate surface area is 54.5 Å². The maximum Gasteiger partial charge on any atom is 0.156 e. The summed E-state index contributed by atoms with van der Waals surface area (Å²) in [6.07, 6.45) is 6.19. The van der Waals surface area contributed by atoms with Crippen molar-refractivity contribution in [3.63, 3.8) is 0 Å². The molecule has 1 radical (unpaired) electrons. The molecule has 0 saturated carbocycles. The normalized spacial score (nSPS) is 18.3. The molecule has 1 aliphatic carbocycles. The standard InChI is InChI=1S/C7H9O2/c1-9-7-5-3-2-4-6(7)8/h3-5,8H,2H2,1H3. The molecule has 0 aromatic rings. The molecule has 1 aliphatic rings. The smallest absolute Gasteiger partial charge is 0.156 e. The van der Waals surface area contributed by atoms with E-state index >= 15 is 0 Å². The van der Waals surface area contributed by atoms with Crippen LogP contribution in [-0.2, 0) is 4.74 Å². The molecule has 9 heavy (non-hydrogen) atoms. The second kappa shape index (κ2) is 2.58. The van der Waals surface area contributed by atoms with Crippen LogP contribution in [0.3, 0.4) is 0 Å². The fourth-order valence-electron chi connectivity index (χ4n) is 0.713. The highest BCUT2D eigenvalue weighted by Crippen LogP contribution is 2.14. The predicted octanol–water partition coefficient (Wildman–Crippen LogP) is 1.57. The SMILES string of the molecule is COC1=C(O)[CH]CC=C1. The summed E-state index contributed by atoms with van der Waals surface area (Å²) in [4.78, 5) is 0. The Hall–Kier alpha value is -0.920. The van der Waals surface area contributed by atoms with Crippen molar-refractivity contribution in [2.45, 2.75) is 6.42 Å². The van der Waals surface area contributed by atoms with Gasteiger partial charge < -0.3 is 9.84 Å². The first kappa shape index (κ1) is 6.20. The van der Waals surface area contributed by atoms with E-state index in [4.69, 9.17) is 9.84 Å². The van der Waals surface area contributed by atoms with E-state index in [1.165, 1.54) is 7.11 Å². The average Bonchev–Trinajstić information content (AvgIpc) is 1.89. The lowest BCUT2D eigenvalue weighted by Crippen LogP contribution is -1.95. The van der Waals surface area contributed by atoms with Crippen LogP contribution in [0.1, 0.15) is 6.42 Å². The van der Waals surface area contributed by atoms with Crippen LogP contribution in [0, 0.1) is 6.42 Å². The van der Waals surface area contributed by atoms with E-state index in [2.05, 4.69) is 0 Å². The summed E-state index contributed by atoms with van der Waals surface area (Å²) in [5.41, 5.74) is 0. The molecule has 2 nitrogen and oxygen atoms in total. The van der Waals surface area contributed by atoms with Crippen molar-refractivity contribution in [1.29, 1.82) is 0 Å². The molecule has 0 bridgehead atoms. The van der Waals surface area contributed by atoms with Gasteiger partial charge in [0.15, 0.2) is 5.76 Å². The van der Waals surface area contributed by atoms with Gasteiger partial charge in [-0.3, -0.25) is 0 Å². The Kier molecular flexibility index (Phi) is 1.78. The zero-order valence-electron chi connectivity index (χ0n) is 5.29. The van der Waals surface area contributed by atoms with E-state index in [9.17, 15) is 0 Å². The van der Waals surface area contributed by atoms with E-state index in [1.807, 2.05) is 6.08 Å². The molecule has 0 fully saturated rings. The quantitative estimate of drug-likeness (QED) is 0.576. The Balaban J connectivity index is 2.72. The van der Waals surface area contributed by atoms with Crippen LogP contribution >= 0.6 is 0 Å². The second-order valence-electron chi connectivity index (χ2n) is 1.80. The van der Waals surface area contributed by atoms with Gasteiger partial charge in [0.2, 0.25) is 0 Å². The molecule has 0 aliphatic heterocycles. The molecule has 2 heteroatoms. The molecule has 0 amide bonds. The Bertz CT molecular complexity index is 156. The first-order chi connectivity index (χ1) is 4.34. The minimum atomic E-state index is 0.236. The molecular formula is C7H9O2. The van der Waals surface area contributed by atoms with Gasteiger partial charge in [0, 0.05) is 6.42 Å². The van der Waals surface area contributed by atoms with Crippen LogP contribution in [0.25, 0.3) is 0 Å². The van der Waals surface area contributed by atoms with Gasteiger partial charge in [0.1, 0.15) is 5.76 Å². The maximum absolute atomic E-state index is 9.02. The Morgan fingerprint density at radius 2 is 2.44 bits per heavy atom. The second-order valence-corrected chi connectivity index (χ2v) is 1.80. The van der Waals surface area contributed by atoms with Crippen LogP contribution < -0.4 is 0 Å². The molecule has 0 heterocycles. The minimum Gasteiger partial charge on any atom is -0.508 e. The molecule has 0 spiro atoms. The molecule has 0 aromatic heterocycles. The average molecular weight is 125 g/mol. The third kappa shape index (κ3) is 1.25. The van der Waals surface area contributed by atoms with Gasteiger partial charge in [0.05, 0.1) is 7.11 Å². The Morgan fingerprint density at radius 1 is 1.67 bits per heavy atom. The van der Waals surface area contributed by atoms with Crippen LogP contribution in [-0.4, -0.2) is 12.2 Å². The van der Waals surface area contributed by atoms with Crippen LogP contribution in [0.4, 0.5) is 0 Å². The summed E-state index contributed by atoms with van der Waals surface area (Å²) in [6, 6.07) is 0. The third-order valence-electron chi connectivity index (χ3n) is 1.19. The number of aliphatic hydroxyl groups excluding tert-OH is 1. The highest BCUT2D eigenvalue weighted by molar-refractivity contribution is 5.26. The highest BCUT2D eigenvalue weighted by atomic mass is 16.5. The molecule has 0 unspecified atom stereocenters. The lowest BCUT2D eigenvalue weighted by atomic mass is 10.1. The summed E-state index contributed by atoms with van der Waals surface area (Å²) in [6.45, 7) is 0. The highest BCUT2D eigenvalue weighted by Gasteiger charge is 2.05. The van der Waals surface area contributed by atoms with Crippen LogP contribution in [0.2, 0.25) is 0 Å². The molecular weight excluding hydrogens is 116 g/mol. The monoisotopic (exact) mass is 125 g/mol. The van der Waals surface area contributed by atoms with Crippen LogP contribution in [0.5, 0.6) is 0 Å². The molecule has 1 rings (SSSR count). The van der Waals surface area contributed by atoms with E-state index in [-0.39, 0.29) is 5.76 Å². The fraction of sp³-hybridized carbons (Fsp3) is 0.286. The first-order valence-corrected chi connectivity index (χ1v) is 2.81. The topological polar surface area (TPSA) is 29.5 Å². The largest absolute Gasteiger partial charge is 0.508 e. The summed E-state index contributed by atoms with van der Waals surface area (Å²) in [5.74, 6) is 0.779. The van der Waals surface area contributed by atoms with Crippen molar-refractivity contribution < 1.29 is 9.84 Å². The maximum atomic E-state index is 9.02. The van der Waals surface area contributed by atoms with Crippen LogP contribution in [0.15, 0.2) is 23.7 Å². The molecule has 0 atom stereocenters. The van der Waals surface area contributed by atoms with Crippen molar-refractivity contribution >= 4 is 0 Å². The zero-order chi connectivity index (χ0) is 6.69.